The third kappa shape index (κ3) is 6.37. The number of nitrogens with zero attached hydrogens (tertiary/aromatic N) is 1. The van der Waals surface area contributed by atoms with E-state index in [4.69, 9.17) is 0 Å². The zero-order valence-corrected chi connectivity index (χ0v) is 16.6. The van der Waals surface area contributed by atoms with Gasteiger partial charge in [0.05, 0.1) is 11.3 Å². The minimum absolute atomic E-state index is 0.0663. The molecule has 1 aromatic carbocycles. The molecule has 0 unspecified atom stereocenters. The number of hydrogen-bond donors (Lipinski definition) is 2. The smallest absolute Gasteiger partial charge is 0.338 e. The van der Waals surface area contributed by atoms with Gasteiger partial charge in [0.25, 0.3) is 0 Å². The molecule has 1 aliphatic heterocycles. The van der Waals surface area contributed by atoms with Crippen molar-refractivity contribution in [3.63, 3.8) is 0 Å². The van der Waals surface area contributed by atoms with E-state index in [0.717, 1.165) is 6.07 Å². The van der Waals surface area contributed by atoms with Crippen molar-refractivity contribution in [2.75, 3.05) is 25.4 Å². The van der Waals surface area contributed by atoms with Crippen LogP contribution in [0.25, 0.3) is 0 Å². The van der Waals surface area contributed by atoms with Crippen molar-refractivity contribution in [2.45, 2.75) is 44.8 Å². The Morgan fingerprint density at radius 1 is 1.21 bits per heavy atom. The van der Waals surface area contributed by atoms with Crippen LogP contribution in [-0.2, 0) is 22.6 Å². The van der Waals surface area contributed by atoms with Gasteiger partial charge in [-0.15, -0.1) is 0 Å². The molecule has 6 nitrogen and oxygen atoms in total. The third-order valence-electron chi connectivity index (χ3n) is 4.65. The van der Waals surface area contributed by atoms with Crippen LogP contribution in [0.2, 0.25) is 0 Å². The molecule has 1 aliphatic rings. The zero-order chi connectivity index (χ0) is 20.8. The van der Waals surface area contributed by atoms with Crippen molar-refractivity contribution in [2.24, 2.45) is 0 Å². The fraction of sp³-hybridized carbons (Fsp3) is 0.611. The average Bonchev–Trinajstić information content (AvgIpc) is 2.61. The SMILES string of the molecule is CCCS(=O)(=O)N1CCC(NC(=O)NCCc2ccccc2C(F)(F)F)CC1. The van der Waals surface area contributed by atoms with E-state index in [9.17, 15) is 26.4 Å². The van der Waals surface area contributed by atoms with Gasteiger partial charge in [0, 0.05) is 25.7 Å². The number of rotatable bonds is 7. The molecule has 10 heteroatoms. The molecule has 1 fully saturated rings. The molecule has 158 valence electrons. The molecule has 0 aromatic heterocycles. The fourth-order valence-electron chi connectivity index (χ4n) is 3.23. The molecule has 1 saturated heterocycles. The summed E-state index contributed by atoms with van der Waals surface area (Å²) >= 11 is 0. The Morgan fingerprint density at radius 2 is 1.86 bits per heavy atom. The van der Waals surface area contributed by atoms with E-state index in [2.05, 4.69) is 10.6 Å². The lowest BCUT2D eigenvalue weighted by molar-refractivity contribution is -0.138. The summed E-state index contributed by atoms with van der Waals surface area (Å²) < 4.78 is 64.4. The Kier molecular flexibility index (Phi) is 7.70. The van der Waals surface area contributed by atoms with Gasteiger partial charge in [0.15, 0.2) is 0 Å². The summed E-state index contributed by atoms with van der Waals surface area (Å²) in [6.07, 6.45) is -2.79. The van der Waals surface area contributed by atoms with E-state index in [1.54, 1.807) is 0 Å². The molecule has 0 aliphatic carbocycles. The number of sulfonamides is 1. The number of nitrogens with one attached hydrogen (secondary N) is 2. The first-order chi connectivity index (χ1) is 13.1. The first-order valence-electron chi connectivity index (χ1n) is 9.30. The maximum Gasteiger partial charge on any atom is 0.416 e. The van der Waals surface area contributed by atoms with Crippen LogP contribution in [-0.4, -0.2) is 50.2 Å². The molecule has 2 amide bonds. The summed E-state index contributed by atoms with van der Waals surface area (Å²) in [4.78, 5) is 12.0. The maximum atomic E-state index is 13.0. The Bertz CT molecular complexity index is 761. The number of benzene rings is 1. The van der Waals surface area contributed by atoms with Crippen molar-refractivity contribution >= 4 is 16.1 Å². The van der Waals surface area contributed by atoms with Gasteiger partial charge in [0.1, 0.15) is 0 Å². The minimum atomic E-state index is -4.43. The van der Waals surface area contributed by atoms with Crippen LogP contribution in [0.3, 0.4) is 0 Å². The molecular weight excluding hydrogens is 395 g/mol. The van der Waals surface area contributed by atoms with E-state index in [-0.39, 0.29) is 30.3 Å². The largest absolute Gasteiger partial charge is 0.416 e. The quantitative estimate of drug-likeness (QED) is 0.711. The van der Waals surface area contributed by atoms with Crippen molar-refractivity contribution in [1.82, 2.24) is 14.9 Å². The first kappa shape index (κ1) is 22.5. The van der Waals surface area contributed by atoms with Crippen LogP contribution in [0.4, 0.5) is 18.0 Å². The Balaban J connectivity index is 1.76. The molecule has 28 heavy (non-hydrogen) atoms. The summed E-state index contributed by atoms with van der Waals surface area (Å²) in [6, 6.07) is 4.67. The van der Waals surface area contributed by atoms with Gasteiger partial charge < -0.3 is 10.6 Å². The number of piperidine rings is 1. The van der Waals surface area contributed by atoms with Gasteiger partial charge >= 0.3 is 12.2 Å². The highest BCUT2D eigenvalue weighted by Gasteiger charge is 2.32. The number of halogens is 3. The minimum Gasteiger partial charge on any atom is -0.338 e. The van der Waals surface area contributed by atoms with Crippen molar-refractivity contribution in [3.8, 4) is 0 Å². The molecule has 0 radical (unpaired) electrons. The molecular formula is C18H26F3N3O3S. The number of alkyl halides is 3. The number of carbonyl (C=O) groups is 1. The second kappa shape index (κ2) is 9.60. The number of hydrogen-bond acceptors (Lipinski definition) is 3. The summed E-state index contributed by atoms with van der Waals surface area (Å²) in [6.45, 7) is 2.59. The van der Waals surface area contributed by atoms with Crippen LogP contribution in [0.5, 0.6) is 0 Å². The van der Waals surface area contributed by atoms with Gasteiger partial charge in [-0.3, -0.25) is 0 Å². The third-order valence-corrected chi connectivity index (χ3v) is 6.72. The predicted octanol–water partition coefficient (Wildman–Crippen LogP) is 2.75. The molecule has 0 spiro atoms. The second-order valence-electron chi connectivity index (χ2n) is 6.79. The van der Waals surface area contributed by atoms with Crippen LogP contribution in [0.15, 0.2) is 24.3 Å². The molecule has 0 bridgehead atoms. The van der Waals surface area contributed by atoms with E-state index < -0.39 is 27.8 Å². The zero-order valence-electron chi connectivity index (χ0n) is 15.8. The molecule has 2 N–H and O–H groups in total. The van der Waals surface area contributed by atoms with E-state index in [1.165, 1.54) is 22.5 Å². The van der Waals surface area contributed by atoms with Crippen molar-refractivity contribution in [3.05, 3.63) is 35.4 Å². The number of amides is 2. The molecule has 1 aromatic rings. The van der Waals surface area contributed by atoms with Crippen LogP contribution in [0.1, 0.15) is 37.3 Å². The van der Waals surface area contributed by atoms with Gasteiger partial charge in [-0.2, -0.15) is 13.2 Å². The van der Waals surface area contributed by atoms with Gasteiger partial charge in [-0.05, 0) is 37.3 Å². The summed E-state index contributed by atoms with van der Waals surface area (Å²) in [5.41, 5.74) is -0.567. The summed E-state index contributed by atoms with van der Waals surface area (Å²) in [5, 5.41) is 5.33. The van der Waals surface area contributed by atoms with Gasteiger partial charge in [0.2, 0.25) is 10.0 Å². The first-order valence-corrected chi connectivity index (χ1v) is 10.9. The fourth-order valence-corrected chi connectivity index (χ4v) is 4.77. The maximum absolute atomic E-state index is 13.0. The summed E-state index contributed by atoms with van der Waals surface area (Å²) in [5.74, 6) is 0.116. The second-order valence-corrected chi connectivity index (χ2v) is 8.88. The highest BCUT2D eigenvalue weighted by atomic mass is 32.2. The lowest BCUT2D eigenvalue weighted by atomic mass is 10.0. The normalized spacial score (nSPS) is 16.7. The number of urea groups is 1. The van der Waals surface area contributed by atoms with Crippen LogP contribution in [0, 0.1) is 0 Å². The van der Waals surface area contributed by atoms with E-state index >= 15 is 0 Å². The van der Waals surface area contributed by atoms with Gasteiger partial charge in [-0.25, -0.2) is 17.5 Å². The van der Waals surface area contributed by atoms with Gasteiger partial charge in [-0.1, -0.05) is 25.1 Å². The van der Waals surface area contributed by atoms with Crippen LogP contribution < -0.4 is 10.6 Å². The Morgan fingerprint density at radius 3 is 2.46 bits per heavy atom. The van der Waals surface area contributed by atoms with Crippen molar-refractivity contribution in [1.29, 1.82) is 0 Å². The lowest BCUT2D eigenvalue weighted by Gasteiger charge is -2.31. The topological polar surface area (TPSA) is 78.5 Å². The van der Waals surface area contributed by atoms with E-state index in [1.807, 2.05) is 6.92 Å². The lowest BCUT2D eigenvalue weighted by Crippen LogP contribution is -2.49. The number of carbonyl (C=O) groups excluding carboxylic acids is 1. The predicted molar refractivity (Wildman–Crippen MR) is 100 cm³/mol. The highest BCUT2D eigenvalue weighted by Crippen LogP contribution is 2.31. The Labute approximate surface area is 163 Å². The average molecular weight is 421 g/mol. The molecule has 0 atom stereocenters. The molecule has 2 rings (SSSR count). The monoisotopic (exact) mass is 421 g/mol. The standard InChI is InChI=1S/C18H26F3N3O3S/c1-2-13-28(26,27)24-11-8-15(9-12-24)23-17(25)22-10-7-14-5-3-4-6-16(14)18(19,20)21/h3-6,15H,2,7-13H2,1H3,(H2,22,23,25). The van der Waals surface area contributed by atoms with E-state index in [0.29, 0.717) is 32.4 Å². The molecule has 1 heterocycles. The van der Waals surface area contributed by atoms with Crippen molar-refractivity contribution < 1.29 is 26.4 Å². The summed E-state index contributed by atoms with van der Waals surface area (Å²) in [7, 11) is -3.23. The molecule has 0 saturated carbocycles. The van der Waals surface area contributed by atoms with Crippen LogP contribution >= 0.6 is 0 Å². The Hall–Kier alpha value is -1.81. The highest BCUT2D eigenvalue weighted by molar-refractivity contribution is 7.89.